The second-order valence-electron chi connectivity index (χ2n) is 6.89. The number of benzene rings is 2. The van der Waals surface area contributed by atoms with Crippen molar-refractivity contribution >= 4 is 5.91 Å². The van der Waals surface area contributed by atoms with E-state index in [1.165, 1.54) is 12.1 Å². The molecule has 1 amide bonds. The van der Waals surface area contributed by atoms with Gasteiger partial charge >= 0.3 is 0 Å². The molecule has 3 aromatic rings. The molecular formula is C23H25FN2O3. The van der Waals surface area contributed by atoms with Gasteiger partial charge in [-0.25, -0.2) is 4.39 Å². The van der Waals surface area contributed by atoms with Crippen molar-refractivity contribution in [2.45, 2.75) is 26.6 Å². The highest BCUT2D eigenvalue weighted by molar-refractivity contribution is 5.78. The highest BCUT2D eigenvalue weighted by Gasteiger charge is 2.19. The van der Waals surface area contributed by atoms with Crippen LogP contribution in [0.2, 0.25) is 0 Å². The van der Waals surface area contributed by atoms with Crippen LogP contribution in [-0.4, -0.2) is 33.9 Å². The zero-order chi connectivity index (χ0) is 20.6. The second kappa shape index (κ2) is 9.89. The number of furan rings is 1. The van der Waals surface area contributed by atoms with E-state index >= 15 is 0 Å². The predicted octanol–water partition coefficient (Wildman–Crippen LogP) is 4.18. The van der Waals surface area contributed by atoms with Crippen molar-refractivity contribution in [1.82, 2.24) is 9.80 Å². The second-order valence-corrected chi connectivity index (χ2v) is 6.89. The number of rotatable bonds is 9. The molecule has 0 spiro atoms. The molecule has 2 aromatic carbocycles. The number of aromatic hydroxyl groups is 1. The lowest BCUT2D eigenvalue weighted by Gasteiger charge is -2.26. The smallest absolute Gasteiger partial charge is 0.237 e. The molecule has 0 radical (unpaired) electrons. The Morgan fingerprint density at radius 2 is 1.86 bits per heavy atom. The number of phenols is 1. The summed E-state index contributed by atoms with van der Waals surface area (Å²) in [5, 5.41) is 10.1. The molecule has 3 rings (SSSR count). The molecule has 0 unspecified atom stereocenters. The Balaban J connectivity index is 1.72. The average Bonchev–Trinajstić information content (AvgIpc) is 3.21. The summed E-state index contributed by atoms with van der Waals surface area (Å²) in [5.74, 6) is 0.543. The fourth-order valence-electron chi connectivity index (χ4n) is 3.20. The van der Waals surface area contributed by atoms with Gasteiger partial charge in [-0.15, -0.1) is 0 Å². The van der Waals surface area contributed by atoms with E-state index in [1.54, 1.807) is 35.4 Å². The van der Waals surface area contributed by atoms with Crippen LogP contribution in [0.15, 0.2) is 71.3 Å². The first-order valence-corrected chi connectivity index (χ1v) is 9.59. The molecule has 0 bridgehead atoms. The molecule has 152 valence electrons. The monoisotopic (exact) mass is 396 g/mol. The van der Waals surface area contributed by atoms with E-state index in [9.17, 15) is 14.3 Å². The zero-order valence-corrected chi connectivity index (χ0v) is 16.4. The largest absolute Gasteiger partial charge is 0.508 e. The average molecular weight is 396 g/mol. The van der Waals surface area contributed by atoms with Crippen LogP contribution in [0.3, 0.4) is 0 Å². The normalized spacial score (nSPS) is 11.0. The minimum Gasteiger partial charge on any atom is -0.508 e. The van der Waals surface area contributed by atoms with Crippen LogP contribution in [0.4, 0.5) is 4.39 Å². The molecule has 5 nitrogen and oxygen atoms in total. The van der Waals surface area contributed by atoms with Crippen molar-refractivity contribution in [2.75, 3.05) is 13.1 Å². The number of phenolic OH excluding ortho intramolecular Hbond substituents is 1. The third kappa shape index (κ3) is 5.93. The minimum absolute atomic E-state index is 0.0706. The molecule has 0 fully saturated rings. The summed E-state index contributed by atoms with van der Waals surface area (Å²) in [6.45, 7) is 3.75. The first-order valence-electron chi connectivity index (χ1n) is 9.59. The van der Waals surface area contributed by atoms with E-state index in [1.807, 2.05) is 36.1 Å². The Bertz CT molecular complexity index is 927. The van der Waals surface area contributed by atoms with Gasteiger partial charge < -0.3 is 14.4 Å². The number of carbonyl (C=O) groups is 1. The fourth-order valence-corrected chi connectivity index (χ4v) is 3.20. The van der Waals surface area contributed by atoms with Gasteiger partial charge in [-0.1, -0.05) is 30.3 Å². The van der Waals surface area contributed by atoms with E-state index in [2.05, 4.69) is 0 Å². The van der Waals surface area contributed by atoms with Crippen LogP contribution in [-0.2, 0) is 24.4 Å². The van der Waals surface area contributed by atoms with Gasteiger partial charge in [-0.3, -0.25) is 9.69 Å². The zero-order valence-electron chi connectivity index (χ0n) is 16.4. The number of hydrogen-bond donors (Lipinski definition) is 1. The third-order valence-electron chi connectivity index (χ3n) is 4.70. The van der Waals surface area contributed by atoms with Gasteiger partial charge in [-0.2, -0.15) is 0 Å². The lowest BCUT2D eigenvalue weighted by molar-refractivity contribution is -0.133. The summed E-state index contributed by atoms with van der Waals surface area (Å²) in [4.78, 5) is 16.6. The summed E-state index contributed by atoms with van der Waals surface area (Å²) >= 11 is 0. The van der Waals surface area contributed by atoms with Crippen molar-refractivity contribution in [3.8, 4) is 5.75 Å². The molecular weight excluding hydrogens is 371 g/mol. The predicted molar refractivity (Wildman–Crippen MR) is 108 cm³/mol. The van der Waals surface area contributed by atoms with Gasteiger partial charge in [0.2, 0.25) is 5.91 Å². The van der Waals surface area contributed by atoms with Gasteiger partial charge in [0.05, 0.1) is 19.4 Å². The molecule has 6 heteroatoms. The maximum Gasteiger partial charge on any atom is 0.237 e. The molecule has 0 atom stereocenters. The maximum atomic E-state index is 13.5. The highest BCUT2D eigenvalue weighted by Crippen LogP contribution is 2.19. The first kappa shape index (κ1) is 20.6. The quantitative estimate of drug-likeness (QED) is 0.590. The van der Waals surface area contributed by atoms with Crippen LogP contribution in [0.25, 0.3) is 0 Å². The van der Waals surface area contributed by atoms with Crippen LogP contribution in [0.1, 0.15) is 23.8 Å². The molecule has 29 heavy (non-hydrogen) atoms. The Labute approximate surface area is 170 Å². The molecule has 0 aliphatic rings. The summed E-state index contributed by atoms with van der Waals surface area (Å²) in [7, 11) is 0. The van der Waals surface area contributed by atoms with Gasteiger partial charge in [0.25, 0.3) is 0 Å². The van der Waals surface area contributed by atoms with Crippen molar-refractivity contribution in [2.24, 2.45) is 0 Å². The van der Waals surface area contributed by atoms with Crippen LogP contribution >= 0.6 is 0 Å². The van der Waals surface area contributed by atoms with Gasteiger partial charge in [0.1, 0.15) is 17.3 Å². The first-order chi connectivity index (χ1) is 14.0. The number of halogens is 1. The van der Waals surface area contributed by atoms with Crippen LogP contribution < -0.4 is 0 Å². The number of carbonyl (C=O) groups excluding carboxylic acids is 1. The third-order valence-corrected chi connectivity index (χ3v) is 4.70. The van der Waals surface area contributed by atoms with Crippen molar-refractivity contribution in [3.63, 3.8) is 0 Å². The number of nitrogens with zero attached hydrogens (tertiary/aromatic N) is 2. The number of para-hydroxylation sites is 1. The minimum atomic E-state index is -0.315. The Kier molecular flexibility index (Phi) is 7.03. The van der Waals surface area contributed by atoms with Crippen LogP contribution in [0, 0.1) is 5.82 Å². The number of likely N-dealkylation sites (N-methyl/N-ethyl adjacent to an activating group) is 1. The van der Waals surface area contributed by atoms with Gasteiger partial charge in [-0.05, 0) is 42.8 Å². The highest BCUT2D eigenvalue weighted by atomic mass is 19.1. The lowest BCUT2D eigenvalue weighted by Crippen LogP contribution is -2.39. The van der Waals surface area contributed by atoms with E-state index in [4.69, 9.17) is 4.42 Å². The van der Waals surface area contributed by atoms with E-state index in [-0.39, 0.29) is 24.0 Å². The molecule has 1 N–H and O–H groups in total. The van der Waals surface area contributed by atoms with E-state index in [0.717, 1.165) is 16.9 Å². The van der Waals surface area contributed by atoms with Gasteiger partial charge in [0, 0.05) is 25.2 Å². The Hall–Kier alpha value is -3.12. The molecule has 1 heterocycles. The van der Waals surface area contributed by atoms with Crippen molar-refractivity contribution in [3.05, 3.63) is 89.6 Å². The van der Waals surface area contributed by atoms with Crippen molar-refractivity contribution in [1.29, 1.82) is 0 Å². The topological polar surface area (TPSA) is 56.9 Å². The Morgan fingerprint density at radius 1 is 1.03 bits per heavy atom. The summed E-state index contributed by atoms with van der Waals surface area (Å²) in [6, 6.07) is 17.0. The SMILES string of the molecule is CCN(Cc1cccc(F)c1)C(=O)CN(Cc1ccco1)Cc1ccccc1O. The Morgan fingerprint density at radius 3 is 2.55 bits per heavy atom. The summed E-state index contributed by atoms with van der Waals surface area (Å²) in [6.07, 6.45) is 1.59. The van der Waals surface area contributed by atoms with Gasteiger partial charge in [0.15, 0.2) is 0 Å². The van der Waals surface area contributed by atoms with E-state index < -0.39 is 0 Å². The van der Waals surface area contributed by atoms with E-state index in [0.29, 0.717) is 26.2 Å². The molecule has 1 aromatic heterocycles. The standard InChI is InChI=1S/C23H25FN2O3/c1-2-26(14-18-7-5-9-20(24)13-18)23(28)17-25(16-21-10-6-12-29-21)15-19-8-3-4-11-22(19)27/h3-13,27H,2,14-17H2,1H3. The summed E-state index contributed by atoms with van der Waals surface area (Å²) < 4.78 is 18.9. The molecule has 0 saturated carbocycles. The molecule has 0 aliphatic heterocycles. The van der Waals surface area contributed by atoms with Crippen molar-refractivity contribution < 1.29 is 18.7 Å². The number of amides is 1. The molecule has 0 aliphatic carbocycles. The number of hydrogen-bond acceptors (Lipinski definition) is 4. The maximum absolute atomic E-state index is 13.5. The fraction of sp³-hybridized carbons (Fsp3) is 0.261. The molecule has 0 saturated heterocycles. The summed E-state index contributed by atoms with van der Waals surface area (Å²) in [5.41, 5.74) is 1.48. The van der Waals surface area contributed by atoms with Crippen LogP contribution in [0.5, 0.6) is 5.75 Å². The lowest BCUT2D eigenvalue weighted by atomic mass is 10.1.